The van der Waals surface area contributed by atoms with Gasteiger partial charge in [0.05, 0.1) is 0 Å². The van der Waals surface area contributed by atoms with E-state index in [2.05, 4.69) is 33.2 Å². The molecule has 0 aliphatic carbocycles. The van der Waals surface area contributed by atoms with Crippen LogP contribution in [0.3, 0.4) is 0 Å². The van der Waals surface area contributed by atoms with E-state index in [9.17, 15) is 9.59 Å². The van der Waals surface area contributed by atoms with Gasteiger partial charge in [-0.1, -0.05) is 0 Å². The van der Waals surface area contributed by atoms with E-state index >= 15 is 0 Å². The Morgan fingerprint density at radius 3 is 2.21 bits per heavy atom. The number of benzene rings is 1. The molecule has 0 aromatic heterocycles. The van der Waals surface area contributed by atoms with Gasteiger partial charge in [0.15, 0.2) is 0 Å². The lowest BCUT2D eigenvalue weighted by Gasteiger charge is -2.03. The molecule has 0 heterocycles. The number of likely N-dealkylation sites (N-methyl/N-ethyl adjacent to an activating group) is 1. The molecule has 0 bridgehead atoms. The molecule has 14 heavy (non-hydrogen) atoms. The first-order chi connectivity index (χ1) is 6.63. The second-order valence-electron chi connectivity index (χ2n) is 2.54. The van der Waals surface area contributed by atoms with E-state index in [4.69, 9.17) is 0 Å². The van der Waals surface area contributed by atoms with Crippen LogP contribution >= 0.6 is 22.6 Å². The van der Waals surface area contributed by atoms with Crippen LogP contribution in [0.1, 0.15) is 0 Å². The van der Waals surface area contributed by atoms with Crippen LogP contribution in [0.25, 0.3) is 0 Å². The highest BCUT2D eigenvalue weighted by Gasteiger charge is 2.10. The van der Waals surface area contributed by atoms with Crippen molar-refractivity contribution in [3.05, 3.63) is 27.8 Å². The fourth-order valence-corrected chi connectivity index (χ4v) is 1.19. The van der Waals surface area contributed by atoms with E-state index in [0.29, 0.717) is 5.69 Å². The maximum atomic E-state index is 11.1. The summed E-state index contributed by atoms with van der Waals surface area (Å²) >= 11 is 2.16. The third-order valence-corrected chi connectivity index (χ3v) is 2.25. The maximum absolute atomic E-state index is 11.1. The summed E-state index contributed by atoms with van der Waals surface area (Å²) in [5, 5.41) is 4.71. The second-order valence-corrected chi connectivity index (χ2v) is 3.79. The number of carbonyl (C=O) groups is 2. The highest BCUT2D eigenvalue weighted by Crippen LogP contribution is 2.10. The third-order valence-electron chi connectivity index (χ3n) is 1.54. The van der Waals surface area contributed by atoms with E-state index in [1.54, 1.807) is 12.1 Å². The lowest BCUT2D eigenvalue weighted by atomic mass is 10.3. The minimum atomic E-state index is -0.659. The summed E-state index contributed by atoms with van der Waals surface area (Å²) in [4.78, 5) is 22.0. The Balaban J connectivity index is 2.65. The molecule has 0 unspecified atom stereocenters. The summed E-state index contributed by atoms with van der Waals surface area (Å²) in [6.45, 7) is 0. The summed E-state index contributed by atoms with van der Waals surface area (Å²) < 4.78 is 1.07. The first kappa shape index (κ1) is 11.0. The highest BCUT2D eigenvalue weighted by molar-refractivity contribution is 14.1. The van der Waals surface area contributed by atoms with Crippen LogP contribution in [0, 0.1) is 3.57 Å². The van der Waals surface area contributed by atoms with Gasteiger partial charge in [-0.2, -0.15) is 0 Å². The summed E-state index contributed by atoms with van der Waals surface area (Å²) in [7, 11) is 1.41. The zero-order valence-electron chi connectivity index (χ0n) is 7.50. The molecule has 4 nitrogen and oxygen atoms in total. The van der Waals surface area contributed by atoms with E-state index in [1.165, 1.54) is 7.05 Å². The van der Waals surface area contributed by atoms with Gasteiger partial charge in [-0.15, -0.1) is 0 Å². The minimum absolute atomic E-state index is 0.610. The smallest absolute Gasteiger partial charge is 0.313 e. The Bertz CT molecular complexity index is 348. The molecule has 74 valence electrons. The van der Waals surface area contributed by atoms with Gasteiger partial charge < -0.3 is 10.6 Å². The number of carbonyl (C=O) groups excluding carboxylic acids is 2. The van der Waals surface area contributed by atoms with Crippen molar-refractivity contribution in [3.63, 3.8) is 0 Å². The molecular formula is C9H9IN2O2. The number of halogens is 1. The molecule has 0 saturated heterocycles. The molecule has 1 aromatic rings. The number of amides is 2. The van der Waals surface area contributed by atoms with Crippen molar-refractivity contribution in [1.82, 2.24) is 5.32 Å². The zero-order chi connectivity index (χ0) is 10.6. The molecule has 0 aliphatic rings. The number of hydrogen-bond donors (Lipinski definition) is 2. The van der Waals surface area contributed by atoms with Crippen LogP contribution < -0.4 is 10.6 Å². The fraction of sp³-hybridized carbons (Fsp3) is 0.111. The van der Waals surface area contributed by atoms with Gasteiger partial charge in [0.1, 0.15) is 0 Å². The molecular weight excluding hydrogens is 295 g/mol. The van der Waals surface area contributed by atoms with Gasteiger partial charge in [-0.3, -0.25) is 9.59 Å². The SMILES string of the molecule is CNC(=O)C(=O)Nc1ccc(I)cc1. The maximum Gasteiger partial charge on any atom is 0.313 e. The first-order valence-electron chi connectivity index (χ1n) is 3.92. The average molecular weight is 304 g/mol. The number of rotatable bonds is 1. The molecule has 0 radical (unpaired) electrons. The molecule has 0 saturated carbocycles. The minimum Gasteiger partial charge on any atom is -0.351 e. The Labute approximate surface area is 95.2 Å². The number of anilines is 1. The number of nitrogens with one attached hydrogen (secondary N) is 2. The van der Waals surface area contributed by atoms with Gasteiger partial charge in [0.25, 0.3) is 0 Å². The highest BCUT2D eigenvalue weighted by atomic mass is 127. The largest absolute Gasteiger partial charge is 0.351 e. The van der Waals surface area contributed by atoms with Crippen molar-refractivity contribution in [2.45, 2.75) is 0 Å². The monoisotopic (exact) mass is 304 g/mol. The standard InChI is InChI=1S/C9H9IN2O2/c1-11-8(13)9(14)12-7-4-2-6(10)3-5-7/h2-5H,1H3,(H,11,13)(H,12,14). The van der Waals surface area contributed by atoms with Crippen LogP contribution in [0.4, 0.5) is 5.69 Å². The fourth-order valence-electron chi connectivity index (χ4n) is 0.835. The van der Waals surface area contributed by atoms with Gasteiger partial charge in [0.2, 0.25) is 0 Å². The average Bonchev–Trinajstić information content (AvgIpc) is 2.20. The lowest BCUT2D eigenvalue weighted by Crippen LogP contribution is -2.32. The van der Waals surface area contributed by atoms with E-state index in [1.807, 2.05) is 12.1 Å². The van der Waals surface area contributed by atoms with Crippen molar-refractivity contribution < 1.29 is 9.59 Å². The summed E-state index contributed by atoms with van der Waals surface area (Å²) in [5.41, 5.74) is 0.610. The zero-order valence-corrected chi connectivity index (χ0v) is 9.66. The molecule has 1 rings (SSSR count). The van der Waals surface area contributed by atoms with Crippen molar-refractivity contribution in [3.8, 4) is 0 Å². The van der Waals surface area contributed by atoms with Gasteiger partial charge >= 0.3 is 11.8 Å². The molecule has 0 fully saturated rings. The molecule has 0 spiro atoms. The van der Waals surface area contributed by atoms with Crippen LogP contribution in [0.5, 0.6) is 0 Å². The van der Waals surface area contributed by atoms with Gasteiger partial charge in [-0.25, -0.2) is 0 Å². The van der Waals surface area contributed by atoms with Crippen molar-refractivity contribution in [1.29, 1.82) is 0 Å². The Hall–Kier alpha value is -1.11. The Morgan fingerprint density at radius 1 is 1.14 bits per heavy atom. The van der Waals surface area contributed by atoms with Gasteiger partial charge in [0, 0.05) is 16.3 Å². The van der Waals surface area contributed by atoms with Crippen LogP contribution in [0.15, 0.2) is 24.3 Å². The second kappa shape index (κ2) is 4.94. The first-order valence-corrected chi connectivity index (χ1v) is 5.00. The van der Waals surface area contributed by atoms with E-state index in [-0.39, 0.29) is 0 Å². The molecule has 0 atom stereocenters. The van der Waals surface area contributed by atoms with Gasteiger partial charge in [-0.05, 0) is 46.9 Å². The molecule has 2 amide bonds. The van der Waals surface area contributed by atoms with Crippen molar-refractivity contribution in [2.24, 2.45) is 0 Å². The molecule has 5 heteroatoms. The molecule has 1 aromatic carbocycles. The Morgan fingerprint density at radius 2 is 1.71 bits per heavy atom. The lowest BCUT2D eigenvalue weighted by molar-refractivity contribution is -0.135. The number of hydrogen-bond acceptors (Lipinski definition) is 2. The van der Waals surface area contributed by atoms with Crippen LogP contribution in [0.2, 0.25) is 0 Å². The molecule has 0 aliphatic heterocycles. The summed E-state index contributed by atoms with van der Waals surface area (Å²) in [5.74, 6) is -1.31. The topological polar surface area (TPSA) is 58.2 Å². The predicted molar refractivity (Wildman–Crippen MR) is 61.9 cm³/mol. The van der Waals surface area contributed by atoms with E-state index in [0.717, 1.165) is 3.57 Å². The predicted octanol–water partition coefficient (Wildman–Crippen LogP) is 0.976. The third kappa shape index (κ3) is 2.99. The normalized spacial score (nSPS) is 9.29. The van der Waals surface area contributed by atoms with Crippen molar-refractivity contribution in [2.75, 3.05) is 12.4 Å². The van der Waals surface area contributed by atoms with Crippen molar-refractivity contribution >= 4 is 40.1 Å². The molecule has 2 N–H and O–H groups in total. The van der Waals surface area contributed by atoms with Crippen LogP contribution in [-0.4, -0.2) is 18.9 Å². The van der Waals surface area contributed by atoms with E-state index < -0.39 is 11.8 Å². The summed E-state index contributed by atoms with van der Waals surface area (Å²) in [6.07, 6.45) is 0. The van der Waals surface area contributed by atoms with Crippen LogP contribution in [-0.2, 0) is 9.59 Å². The quantitative estimate of drug-likeness (QED) is 0.600. The summed E-state index contributed by atoms with van der Waals surface area (Å²) in [6, 6.07) is 7.17. The Kier molecular flexibility index (Phi) is 3.87.